The number of carboxylic acids is 1. The zero-order chi connectivity index (χ0) is 14.7. The first-order valence-corrected chi connectivity index (χ1v) is 6.84. The summed E-state index contributed by atoms with van der Waals surface area (Å²) in [4.78, 5) is 11.2. The summed E-state index contributed by atoms with van der Waals surface area (Å²) < 4.78 is 26.6. The SMILES string of the molecule is CN(c1ccc(F)cc1)S(=O)c1ccc(C(=O)O)cc1. The molecule has 0 radical (unpaired) electrons. The molecule has 0 fully saturated rings. The highest BCUT2D eigenvalue weighted by atomic mass is 32.2. The molecule has 20 heavy (non-hydrogen) atoms. The minimum Gasteiger partial charge on any atom is -0.478 e. The van der Waals surface area contributed by atoms with Gasteiger partial charge in [-0.3, -0.25) is 4.31 Å². The Labute approximate surface area is 118 Å². The van der Waals surface area contributed by atoms with Gasteiger partial charge in [-0.2, -0.15) is 0 Å². The second kappa shape index (κ2) is 5.83. The second-order valence-electron chi connectivity index (χ2n) is 4.05. The van der Waals surface area contributed by atoms with Gasteiger partial charge in [-0.05, 0) is 48.5 Å². The Morgan fingerprint density at radius 2 is 1.65 bits per heavy atom. The molecule has 0 aliphatic carbocycles. The lowest BCUT2D eigenvalue weighted by molar-refractivity contribution is 0.0697. The van der Waals surface area contributed by atoms with Gasteiger partial charge in [0.15, 0.2) is 11.0 Å². The van der Waals surface area contributed by atoms with Crippen LogP contribution in [0.1, 0.15) is 10.4 Å². The third-order valence-corrected chi connectivity index (χ3v) is 4.13. The van der Waals surface area contributed by atoms with E-state index in [4.69, 9.17) is 5.11 Å². The van der Waals surface area contributed by atoms with E-state index in [1.165, 1.54) is 52.8 Å². The predicted octanol–water partition coefficient (Wildman–Crippen LogP) is 2.68. The summed E-state index contributed by atoms with van der Waals surface area (Å²) in [5.41, 5.74) is 0.738. The lowest BCUT2D eigenvalue weighted by Gasteiger charge is -2.18. The van der Waals surface area contributed by atoms with Crippen LogP contribution in [0.25, 0.3) is 0 Å². The normalized spacial score (nSPS) is 11.9. The average molecular weight is 293 g/mol. The van der Waals surface area contributed by atoms with Crippen molar-refractivity contribution in [1.29, 1.82) is 0 Å². The lowest BCUT2D eigenvalue weighted by Crippen LogP contribution is -2.20. The maximum atomic E-state index is 12.8. The molecule has 1 atom stereocenters. The van der Waals surface area contributed by atoms with Crippen LogP contribution in [-0.2, 0) is 11.0 Å². The highest BCUT2D eigenvalue weighted by Crippen LogP contribution is 2.19. The van der Waals surface area contributed by atoms with Crippen LogP contribution in [0, 0.1) is 5.82 Å². The van der Waals surface area contributed by atoms with Crippen LogP contribution >= 0.6 is 0 Å². The largest absolute Gasteiger partial charge is 0.478 e. The van der Waals surface area contributed by atoms with Gasteiger partial charge in [-0.1, -0.05) is 0 Å². The van der Waals surface area contributed by atoms with Crippen molar-refractivity contribution < 1.29 is 18.5 Å². The molecule has 0 spiro atoms. The molecule has 2 aromatic carbocycles. The molecule has 6 heteroatoms. The summed E-state index contributed by atoms with van der Waals surface area (Å²) in [7, 11) is 0.130. The smallest absolute Gasteiger partial charge is 0.335 e. The van der Waals surface area contributed by atoms with Gasteiger partial charge in [-0.15, -0.1) is 0 Å². The van der Waals surface area contributed by atoms with Crippen LogP contribution in [0.3, 0.4) is 0 Å². The number of carboxylic acid groups (broad SMARTS) is 1. The molecule has 4 nitrogen and oxygen atoms in total. The van der Waals surface area contributed by atoms with Crippen molar-refractivity contribution in [2.75, 3.05) is 11.4 Å². The van der Waals surface area contributed by atoms with E-state index in [-0.39, 0.29) is 11.4 Å². The molecule has 2 rings (SSSR count). The quantitative estimate of drug-likeness (QED) is 0.943. The zero-order valence-electron chi connectivity index (χ0n) is 10.6. The summed E-state index contributed by atoms with van der Waals surface area (Å²) in [6, 6.07) is 11.4. The maximum Gasteiger partial charge on any atom is 0.335 e. The third-order valence-electron chi connectivity index (χ3n) is 2.74. The zero-order valence-corrected chi connectivity index (χ0v) is 11.4. The van der Waals surface area contributed by atoms with E-state index in [2.05, 4.69) is 0 Å². The number of aromatic carboxylic acids is 1. The third kappa shape index (κ3) is 3.03. The van der Waals surface area contributed by atoms with E-state index in [9.17, 15) is 13.4 Å². The minimum absolute atomic E-state index is 0.134. The van der Waals surface area contributed by atoms with Crippen molar-refractivity contribution in [3.63, 3.8) is 0 Å². The van der Waals surface area contributed by atoms with Gasteiger partial charge in [0.1, 0.15) is 5.82 Å². The van der Waals surface area contributed by atoms with Crippen LogP contribution in [0.4, 0.5) is 10.1 Å². The summed E-state index contributed by atoms with van der Waals surface area (Å²) in [5.74, 6) is -1.40. The summed E-state index contributed by atoms with van der Waals surface area (Å²) >= 11 is 0. The van der Waals surface area contributed by atoms with Crippen molar-refractivity contribution in [1.82, 2.24) is 0 Å². The van der Waals surface area contributed by atoms with Crippen LogP contribution < -0.4 is 4.31 Å². The fourth-order valence-electron chi connectivity index (χ4n) is 1.62. The maximum absolute atomic E-state index is 12.8. The van der Waals surface area contributed by atoms with Gasteiger partial charge >= 0.3 is 5.97 Å². The van der Waals surface area contributed by atoms with E-state index in [1.807, 2.05) is 0 Å². The molecule has 1 N–H and O–H groups in total. The summed E-state index contributed by atoms with van der Waals surface area (Å²) in [6.07, 6.45) is 0. The summed E-state index contributed by atoms with van der Waals surface area (Å²) in [5, 5.41) is 8.81. The van der Waals surface area contributed by atoms with Crippen molar-refractivity contribution in [2.24, 2.45) is 0 Å². The Bertz CT molecular complexity index is 640. The Hall–Kier alpha value is -2.21. The van der Waals surface area contributed by atoms with Gasteiger partial charge in [0.05, 0.1) is 10.5 Å². The Morgan fingerprint density at radius 3 is 2.15 bits per heavy atom. The molecular formula is C14H12FNO3S. The Morgan fingerprint density at radius 1 is 1.10 bits per heavy atom. The number of halogens is 1. The van der Waals surface area contributed by atoms with Crippen molar-refractivity contribution >= 4 is 22.6 Å². The fourth-order valence-corrected chi connectivity index (χ4v) is 2.62. The second-order valence-corrected chi connectivity index (χ2v) is 5.57. The number of hydrogen-bond donors (Lipinski definition) is 1. The fraction of sp³-hybridized carbons (Fsp3) is 0.0714. The molecule has 2 aromatic rings. The van der Waals surface area contributed by atoms with Crippen molar-refractivity contribution in [3.8, 4) is 0 Å². The molecule has 104 valence electrons. The first-order chi connectivity index (χ1) is 9.49. The molecule has 0 amide bonds. The number of rotatable bonds is 4. The van der Waals surface area contributed by atoms with Gasteiger partial charge in [-0.25, -0.2) is 13.4 Å². The Balaban J connectivity index is 2.22. The molecule has 0 heterocycles. The minimum atomic E-state index is -1.49. The van der Waals surface area contributed by atoms with Gasteiger partial charge in [0.2, 0.25) is 0 Å². The van der Waals surface area contributed by atoms with E-state index >= 15 is 0 Å². The van der Waals surface area contributed by atoms with Gasteiger partial charge in [0.25, 0.3) is 0 Å². The lowest BCUT2D eigenvalue weighted by atomic mass is 10.2. The highest BCUT2D eigenvalue weighted by Gasteiger charge is 2.12. The topological polar surface area (TPSA) is 57.6 Å². The molecule has 0 aliphatic rings. The molecular weight excluding hydrogens is 281 g/mol. The Kier molecular flexibility index (Phi) is 4.14. The van der Waals surface area contributed by atoms with Crippen molar-refractivity contribution in [2.45, 2.75) is 4.90 Å². The van der Waals surface area contributed by atoms with Crippen molar-refractivity contribution in [3.05, 3.63) is 59.9 Å². The molecule has 0 aromatic heterocycles. The van der Waals surface area contributed by atoms with Gasteiger partial charge in [0, 0.05) is 12.7 Å². The van der Waals surface area contributed by atoms with Gasteiger partial charge < -0.3 is 5.11 Å². The molecule has 0 saturated carbocycles. The predicted molar refractivity (Wildman–Crippen MR) is 74.6 cm³/mol. The highest BCUT2D eigenvalue weighted by molar-refractivity contribution is 7.86. The van der Waals surface area contributed by atoms with Crippen LogP contribution in [0.5, 0.6) is 0 Å². The number of benzene rings is 2. The van der Waals surface area contributed by atoms with Crippen LogP contribution in [0.15, 0.2) is 53.4 Å². The number of nitrogens with zero attached hydrogens (tertiary/aromatic N) is 1. The number of carbonyl (C=O) groups is 1. The number of anilines is 1. The van der Waals surface area contributed by atoms with E-state index in [1.54, 1.807) is 7.05 Å². The van der Waals surface area contributed by atoms with Crippen LogP contribution in [0.2, 0.25) is 0 Å². The first-order valence-electron chi connectivity index (χ1n) is 5.73. The summed E-state index contributed by atoms with van der Waals surface area (Å²) in [6.45, 7) is 0. The number of hydrogen-bond acceptors (Lipinski definition) is 2. The van der Waals surface area contributed by atoms with E-state index < -0.39 is 17.0 Å². The molecule has 0 saturated heterocycles. The standard InChI is InChI=1S/C14H12FNO3S/c1-16(12-6-4-11(15)5-7-12)20(19)13-8-2-10(3-9-13)14(17)18/h2-9H,1H3,(H,17,18). The molecule has 1 unspecified atom stereocenters. The van der Waals surface area contributed by atoms with E-state index in [0.717, 1.165) is 0 Å². The molecule has 0 bridgehead atoms. The monoisotopic (exact) mass is 293 g/mol. The average Bonchev–Trinajstić information content (AvgIpc) is 2.46. The molecule has 0 aliphatic heterocycles. The van der Waals surface area contributed by atoms with E-state index in [0.29, 0.717) is 10.6 Å². The first kappa shape index (κ1) is 14.2. The van der Waals surface area contributed by atoms with Crippen LogP contribution in [-0.4, -0.2) is 22.3 Å².